The lowest BCUT2D eigenvalue weighted by atomic mass is 9.95. The van der Waals surface area contributed by atoms with Crippen molar-refractivity contribution in [1.29, 1.82) is 0 Å². The van der Waals surface area contributed by atoms with Crippen molar-refractivity contribution in [3.63, 3.8) is 0 Å². The van der Waals surface area contributed by atoms with Gasteiger partial charge in [-0.15, -0.1) is 0 Å². The summed E-state index contributed by atoms with van der Waals surface area (Å²) in [6.07, 6.45) is -0.929. The summed E-state index contributed by atoms with van der Waals surface area (Å²) >= 11 is 0. The number of benzene rings is 1. The van der Waals surface area contributed by atoms with Crippen LogP contribution in [0.25, 0.3) is 0 Å². The molecule has 0 aliphatic carbocycles. The lowest BCUT2D eigenvalue weighted by Gasteiger charge is -2.25. The minimum atomic E-state index is -1.74. The summed E-state index contributed by atoms with van der Waals surface area (Å²) < 4.78 is 9.77. The Kier molecular flexibility index (Phi) is 6.49. The molecule has 0 radical (unpaired) electrons. The number of amides is 1. The number of hydrogen-bond acceptors (Lipinski definition) is 6. The quantitative estimate of drug-likeness (QED) is 0.466. The number of hydrogen-bond donors (Lipinski definition) is 1. The monoisotopic (exact) mass is 324 g/mol. The van der Waals surface area contributed by atoms with Gasteiger partial charge in [0.15, 0.2) is 6.04 Å². The molecule has 0 bridgehead atoms. The number of carbonyl (C=O) groups is 2. The SMILES string of the molecule is CCOC(=O)C(NC(=O)OCc1ccccc1)C(C)(C)[N+](=O)[O-]. The number of nitrogens with zero attached hydrogens (tertiary/aromatic N) is 1. The molecule has 8 heteroatoms. The smallest absolute Gasteiger partial charge is 0.408 e. The summed E-state index contributed by atoms with van der Waals surface area (Å²) in [6.45, 7) is 4.06. The highest BCUT2D eigenvalue weighted by molar-refractivity contribution is 5.82. The Balaban J connectivity index is 2.74. The van der Waals surface area contributed by atoms with Crippen LogP contribution in [0.4, 0.5) is 4.79 Å². The molecule has 1 amide bonds. The van der Waals surface area contributed by atoms with E-state index in [0.717, 1.165) is 5.56 Å². The van der Waals surface area contributed by atoms with Crippen molar-refractivity contribution in [2.24, 2.45) is 0 Å². The predicted molar refractivity (Wildman–Crippen MR) is 81.3 cm³/mol. The van der Waals surface area contributed by atoms with Crippen molar-refractivity contribution in [3.8, 4) is 0 Å². The number of nitrogens with one attached hydrogen (secondary N) is 1. The second-order valence-corrected chi connectivity index (χ2v) is 5.30. The number of esters is 1. The highest BCUT2D eigenvalue weighted by Crippen LogP contribution is 2.16. The van der Waals surface area contributed by atoms with E-state index in [1.165, 1.54) is 13.8 Å². The molecule has 0 saturated heterocycles. The van der Waals surface area contributed by atoms with Crippen LogP contribution < -0.4 is 5.32 Å². The van der Waals surface area contributed by atoms with E-state index in [0.29, 0.717) is 0 Å². The van der Waals surface area contributed by atoms with E-state index in [2.05, 4.69) is 5.32 Å². The molecule has 126 valence electrons. The third-order valence-electron chi connectivity index (χ3n) is 3.17. The summed E-state index contributed by atoms with van der Waals surface area (Å²) in [5, 5.41) is 13.4. The van der Waals surface area contributed by atoms with Crippen LogP contribution in [0, 0.1) is 10.1 Å². The van der Waals surface area contributed by atoms with E-state index in [9.17, 15) is 19.7 Å². The fraction of sp³-hybridized carbons (Fsp3) is 0.467. The summed E-state index contributed by atoms with van der Waals surface area (Å²) in [4.78, 5) is 34.2. The standard InChI is InChI=1S/C15H20N2O6/c1-4-22-13(18)12(15(2,3)17(20)21)16-14(19)23-10-11-8-6-5-7-9-11/h5-9,12H,4,10H2,1-3H3,(H,16,19). The Morgan fingerprint density at radius 3 is 2.39 bits per heavy atom. The molecule has 1 N–H and O–H groups in total. The zero-order valence-electron chi connectivity index (χ0n) is 13.3. The Bertz CT molecular complexity index is 558. The van der Waals surface area contributed by atoms with Crippen molar-refractivity contribution in [1.82, 2.24) is 5.32 Å². The number of ether oxygens (including phenoxy) is 2. The van der Waals surface area contributed by atoms with Gasteiger partial charge >= 0.3 is 12.1 Å². The lowest BCUT2D eigenvalue weighted by molar-refractivity contribution is -0.562. The molecule has 8 nitrogen and oxygen atoms in total. The largest absolute Gasteiger partial charge is 0.464 e. The van der Waals surface area contributed by atoms with Gasteiger partial charge in [-0.25, -0.2) is 9.59 Å². The van der Waals surface area contributed by atoms with Gasteiger partial charge in [0, 0.05) is 18.8 Å². The predicted octanol–water partition coefficient (Wildman–Crippen LogP) is 1.90. The summed E-state index contributed by atoms with van der Waals surface area (Å²) in [5.41, 5.74) is -0.984. The van der Waals surface area contributed by atoms with Crippen LogP contribution >= 0.6 is 0 Å². The normalized spacial score (nSPS) is 12.1. The maximum absolute atomic E-state index is 11.9. The molecule has 0 heterocycles. The fourth-order valence-corrected chi connectivity index (χ4v) is 1.74. The van der Waals surface area contributed by atoms with Gasteiger partial charge in [0.05, 0.1) is 6.61 Å². The molecule has 0 fully saturated rings. The topological polar surface area (TPSA) is 108 Å². The first-order valence-electron chi connectivity index (χ1n) is 7.07. The van der Waals surface area contributed by atoms with Crippen LogP contribution in [0.5, 0.6) is 0 Å². The second kappa shape index (κ2) is 8.11. The third kappa shape index (κ3) is 5.24. The van der Waals surface area contributed by atoms with Gasteiger partial charge in [-0.3, -0.25) is 10.1 Å². The molecule has 1 aromatic carbocycles. The van der Waals surface area contributed by atoms with Crippen LogP contribution in [0.15, 0.2) is 30.3 Å². The summed E-state index contributed by atoms with van der Waals surface area (Å²) in [5.74, 6) is -0.883. The van der Waals surface area contributed by atoms with Gasteiger partial charge in [-0.05, 0) is 12.5 Å². The second-order valence-electron chi connectivity index (χ2n) is 5.30. The minimum absolute atomic E-state index is 0.0128. The van der Waals surface area contributed by atoms with E-state index in [-0.39, 0.29) is 13.2 Å². The third-order valence-corrected chi connectivity index (χ3v) is 3.17. The molecule has 1 aromatic rings. The highest BCUT2D eigenvalue weighted by atomic mass is 16.6. The molecule has 0 saturated carbocycles. The molecule has 1 rings (SSSR count). The maximum Gasteiger partial charge on any atom is 0.408 e. The van der Waals surface area contributed by atoms with E-state index < -0.39 is 28.6 Å². The Morgan fingerprint density at radius 1 is 1.26 bits per heavy atom. The van der Waals surface area contributed by atoms with Crippen molar-refractivity contribution in [2.75, 3.05) is 6.61 Å². The molecular weight excluding hydrogens is 304 g/mol. The molecule has 0 aliphatic rings. The number of carbonyl (C=O) groups excluding carboxylic acids is 2. The van der Waals surface area contributed by atoms with Crippen LogP contribution in [-0.2, 0) is 20.9 Å². The van der Waals surface area contributed by atoms with E-state index in [1.54, 1.807) is 31.2 Å². The van der Waals surface area contributed by atoms with Gasteiger partial charge in [-0.2, -0.15) is 0 Å². The van der Waals surface area contributed by atoms with Crippen LogP contribution in [0.3, 0.4) is 0 Å². The first kappa shape index (κ1) is 18.4. The molecular formula is C15H20N2O6. The molecule has 0 spiro atoms. The van der Waals surface area contributed by atoms with Gasteiger partial charge in [-0.1, -0.05) is 30.3 Å². The number of nitro groups is 1. The highest BCUT2D eigenvalue weighted by Gasteiger charge is 2.48. The van der Waals surface area contributed by atoms with Crippen LogP contribution in [0.1, 0.15) is 26.3 Å². The average molecular weight is 324 g/mol. The first-order valence-corrected chi connectivity index (χ1v) is 7.07. The van der Waals surface area contributed by atoms with Gasteiger partial charge < -0.3 is 14.8 Å². The molecule has 0 aromatic heterocycles. The van der Waals surface area contributed by atoms with Crippen molar-refractivity contribution in [2.45, 2.75) is 39.0 Å². The van der Waals surface area contributed by atoms with E-state index in [4.69, 9.17) is 9.47 Å². The Morgan fingerprint density at radius 2 is 1.87 bits per heavy atom. The zero-order chi connectivity index (χ0) is 17.5. The zero-order valence-corrected chi connectivity index (χ0v) is 13.3. The Labute approximate surface area is 133 Å². The van der Waals surface area contributed by atoms with Crippen LogP contribution in [-0.4, -0.2) is 35.2 Å². The molecule has 1 unspecified atom stereocenters. The lowest BCUT2D eigenvalue weighted by Crippen LogP contribution is -2.58. The summed E-state index contributed by atoms with van der Waals surface area (Å²) in [7, 11) is 0. The van der Waals surface area contributed by atoms with Gasteiger partial charge in [0.1, 0.15) is 6.61 Å². The van der Waals surface area contributed by atoms with Crippen molar-refractivity contribution in [3.05, 3.63) is 46.0 Å². The average Bonchev–Trinajstić information content (AvgIpc) is 2.51. The maximum atomic E-state index is 11.9. The van der Waals surface area contributed by atoms with E-state index in [1.807, 2.05) is 6.07 Å². The summed E-state index contributed by atoms with van der Waals surface area (Å²) in [6, 6.07) is 7.45. The van der Waals surface area contributed by atoms with Gasteiger partial charge in [0.2, 0.25) is 5.54 Å². The van der Waals surface area contributed by atoms with Crippen LogP contribution in [0.2, 0.25) is 0 Å². The van der Waals surface area contributed by atoms with Crippen molar-refractivity contribution < 1.29 is 24.0 Å². The van der Waals surface area contributed by atoms with Crippen molar-refractivity contribution >= 4 is 12.1 Å². The van der Waals surface area contributed by atoms with E-state index >= 15 is 0 Å². The number of rotatable bonds is 7. The molecule has 23 heavy (non-hydrogen) atoms. The minimum Gasteiger partial charge on any atom is -0.464 e. The molecule has 1 atom stereocenters. The first-order chi connectivity index (χ1) is 10.8. The molecule has 0 aliphatic heterocycles. The Hall–Kier alpha value is -2.64. The fourth-order valence-electron chi connectivity index (χ4n) is 1.74. The number of alkyl carbamates (subject to hydrolysis) is 1. The van der Waals surface area contributed by atoms with Gasteiger partial charge in [0.25, 0.3) is 0 Å².